The van der Waals surface area contributed by atoms with E-state index in [9.17, 15) is 8.78 Å². The maximum Gasteiger partial charge on any atom is 0.251 e. The van der Waals surface area contributed by atoms with Crippen LogP contribution < -0.4 is 10.1 Å². The Kier molecular flexibility index (Phi) is 5.52. The number of likely N-dealkylation sites (tertiary alicyclic amines) is 1. The third-order valence-electron chi connectivity index (χ3n) is 5.77. The number of rotatable bonds is 6. The molecule has 1 saturated heterocycles. The second kappa shape index (κ2) is 8.62. The molecule has 32 heavy (non-hydrogen) atoms. The van der Waals surface area contributed by atoms with Gasteiger partial charge in [0, 0.05) is 43.3 Å². The number of alkyl halides is 2. The quantitative estimate of drug-likeness (QED) is 0.493. The molecule has 1 aliphatic heterocycles. The van der Waals surface area contributed by atoms with Crippen LogP contribution in [0, 0.1) is 0 Å². The largest absolute Gasteiger partial charge is 0.479 e. The molecule has 1 aliphatic rings. The standard InChI is InChI=1S/C22H23F2N7O/c1-32-21-20-16(14-2-3-17-18(12-14)26-8-7-25-17)6-11-31(20)29-22(28-21)27-15-4-9-30(10-5-15)13-19(23)24/h2-3,6-8,11-12,15,19H,4-5,9-10,13H2,1H3,(H,27,29). The second-order valence-electron chi connectivity index (χ2n) is 7.84. The molecule has 1 aromatic carbocycles. The maximum atomic E-state index is 12.6. The van der Waals surface area contributed by atoms with Crippen LogP contribution in [0.1, 0.15) is 12.8 Å². The van der Waals surface area contributed by atoms with Crippen molar-refractivity contribution in [3.8, 4) is 17.0 Å². The SMILES string of the molecule is COc1nc(NC2CCN(CC(F)F)CC2)nn2ccc(-c3ccc4nccnc4c3)c12. The molecule has 0 saturated carbocycles. The smallest absolute Gasteiger partial charge is 0.251 e. The lowest BCUT2D eigenvalue weighted by atomic mass is 10.1. The lowest BCUT2D eigenvalue weighted by molar-refractivity contribution is 0.0769. The van der Waals surface area contributed by atoms with Gasteiger partial charge in [-0.2, -0.15) is 4.98 Å². The topological polar surface area (TPSA) is 80.5 Å². The van der Waals surface area contributed by atoms with Crippen LogP contribution >= 0.6 is 0 Å². The molecule has 8 nitrogen and oxygen atoms in total. The van der Waals surface area contributed by atoms with Crippen molar-refractivity contribution in [2.24, 2.45) is 0 Å². The summed E-state index contributed by atoms with van der Waals surface area (Å²) >= 11 is 0. The Bertz CT molecular complexity index is 1240. The number of fused-ring (bicyclic) bond motifs is 2. The third-order valence-corrected chi connectivity index (χ3v) is 5.77. The van der Waals surface area contributed by atoms with E-state index in [2.05, 4.69) is 25.4 Å². The van der Waals surface area contributed by atoms with Crippen molar-refractivity contribution in [2.45, 2.75) is 25.3 Å². The van der Waals surface area contributed by atoms with Crippen molar-refractivity contribution in [2.75, 3.05) is 32.1 Å². The Morgan fingerprint density at radius 1 is 1.12 bits per heavy atom. The molecule has 1 fully saturated rings. The number of benzene rings is 1. The molecule has 0 unspecified atom stereocenters. The number of aromatic nitrogens is 5. The Hall–Kier alpha value is -3.40. The summed E-state index contributed by atoms with van der Waals surface area (Å²) in [4.78, 5) is 15.1. The van der Waals surface area contributed by atoms with Crippen molar-refractivity contribution < 1.29 is 13.5 Å². The summed E-state index contributed by atoms with van der Waals surface area (Å²) < 4.78 is 32.5. The Morgan fingerprint density at radius 2 is 1.91 bits per heavy atom. The number of anilines is 1. The number of nitrogens with one attached hydrogen (secondary N) is 1. The Balaban J connectivity index is 1.40. The van der Waals surface area contributed by atoms with E-state index in [-0.39, 0.29) is 12.6 Å². The van der Waals surface area contributed by atoms with E-state index < -0.39 is 6.43 Å². The van der Waals surface area contributed by atoms with Crippen molar-refractivity contribution in [3.63, 3.8) is 0 Å². The summed E-state index contributed by atoms with van der Waals surface area (Å²) in [7, 11) is 1.58. The molecule has 0 amide bonds. The number of piperidine rings is 1. The predicted octanol–water partition coefficient (Wildman–Crippen LogP) is 3.49. The molecule has 0 radical (unpaired) electrons. The van der Waals surface area contributed by atoms with Crippen LogP contribution in [0.25, 0.3) is 27.7 Å². The molecule has 0 bridgehead atoms. The van der Waals surface area contributed by atoms with E-state index in [1.165, 1.54) is 0 Å². The van der Waals surface area contributed by atoms with Gasteiger partial charge in [-0.1, -0.05) is 6.07 Å². The van der Waals surface area contributed by atoms with Crippen molar-refractivity contribution in [1.82, 2.24) is 29.5 Å². The van der Waals surface area contributed by atoms with Gasteiger partial charge in [-0.3, -0.25) is 14.9 Å². The van der Waals surface area contributed by atoms with Crippen molar-refractivity contribution in [1.29, 1.82) is 0 Å². The highest BCUT2D eigenvalue weighted by atomic mass is 19.3. The second-order valence-corrected chi connectivity index (χ2v) is 7.84. The molecule has 5 rings (SSSR count). The minimum absolute atomic E-state index is 0.125. The lowest BCUT2D eigenvalue weighted by Gasteiger charge is -2.32. The van der Waals surface area contributed by atoms with Crippen LogP contribution in [0.5, 0.6) is 5.88 Å². The first kappa shape index (κ1) is 20.5. The van der Waals surface area contributed by atoms with Crippen LogP contribution in [-0.4, -0.2) is 68.7 Å². The van der Waals surface area contributed by atoms with E-state index in [4.69, 9.17) is 4.74 Å². The van der Waals surface area contributed by atoms with Crippen molar-refractivity contribution in [3.05, 3.63) is 42.9 Å². The molecule has 0 aliphatic carbocycles. The number of halogens is 2. The molecule has 4 heterocycles. The number of ether oxygens (including phenoxy) is 1. The van der Waals surface area contributed by atoms with Crippen LogP contribution in [0.4, 0.5) is 14.7 Å². The monoisotopic (exact) mass is 439 g/mol. The minimum Gasteiger partial charge on any atom is -0.479 e. The zero-order valence-corrected chi connectivity index (χ0v) is 17.6. The maximum absolute atomic E-state index is 12.6. The van der Waals surface area contributed by atoms with Crippen LogP contribution in [-0.2, 0) is 0 Å². The Morgan fingerprint density at radius 3 is 2.66 bits per heavy atom. The average molecular weight is 439 g/mol. The third kappa shape index (κ3) is 4.05. The Labute approximate surface area is 183 Å². The molecule has 10 heteroatoms. The molecule has 4 aromatic rings. The van der Waals surface area contributed by atoms with Gasteiger partial charge >= 0.3 is 0 Å². The van der Waals surface area contributed by atoms with E-state index in [1.54, 1.807) is 28.9 Å². The zero-order chi connectivity index (χ0) is 22.1. The van der Waals surface area contributed by atoms with Gasteiger partial charge in [0.05, 0.1) is 24.7 Å². The van der Waals surface area contributed by atoms with Gasteiger partial charge in [0.2, 0.25) is 11.8 Å². The number of hydrogen-bond acceptors (Lipinski definition) is 7. The van der Waals surface area contributed by atoms with Crippen LogP contribution in [0.2, 0.25) is 0 Å². The highest BCUT2D eigenvalue weighted by Crippen LogP contribution is 2.32. The molecule has 166 valence electrons. The van der Waals surface area contributed by atoms with Gasteiger partial charge in [-0.05, 0) is 36.6 Å². The molecular weight excluding hydrogens is 416 g/mol. The van der Waals surface area contributed by atoms with E-state index in [0.717, 1.165) is 40.5 Å². The highest BCUT2D eigenvalue weighted by Gasteiger charge is 2.23. The van der Waals surface area contributed by atoms with Gasteiger partial charge in [-0.15, -0.1) is 5.10 Å². The van der Waals surface area contributed by atoms with E-state index in [1.807, 2.05) is 30.5 Å². The fourth-order valence-electron chi connectivity index (χ4n) is 4.20. The number of methoxy groups -OCH3 is 1. The van der Waals surface area contributed by atoms with Gasteiger partial charge < -0.3 is 10.1 Å². The minimum atomic E-state index is -2.30. The summed E-state index contributed by atoms with van der Waals surface area (Å²) in [5.74, 6) is 0.907. The number of hydrogen-bond donors (Lipinski definition) is 1. The molecular formula is C22H23F2N7O. The van der Waals surface area contributed by atoms with Crippen LogP contribution in [0.3, 0.4) is 0 Å². The highest BCUT2D eigenvalue weighted by molar-refractivity contribution is 5.89. The van der Waals surface area contributed by atoms with Gasteiger partial charge in [-0.25, -0.2) is 13.3 Å². The van der Waals surface area contributed by atoms with E-state index in [0.29, 0.717) is 24.9 Å². The normalized spacial score (nSPS) is 15.6. The van der Waals surface area contributed by atoms with Gasteiger partial charge in [0.15, 0.2) is 0 Å². The first-order chi connectivity index (χ1) is 15.6. The molecule has 1 N–H and O–H groups in total. The fraction of sp³-hybridized carbons (Fsp3) is 0.364. The molecule has 0 spiro atoms. The first-order valence-electron chi connectivity index (χ1n) is 10.5. The fourth-order valence-corrected chi connectivity index (χ4v) is 4.20. The van der Waals surface area contributed by atoms with Gasteiger partial charge in [0.25, 0.3) is 6.43 Å². The zero-order valence-electron chi connectivity index (χ0n) is 17.6. The molecule has 3 aromatic heterocycles. The van der Waals surface area contributed by atoms with Crippen molar-refractivity contribution >= 4 is 22.5 Å². The summed E-state index contributed by atoms with van der Waals surface area (Å²) in [6.07, 6.45) is 4.42. The average Bonchev–Trinajstić information content (AvgIpc) is 3.23. The first-order valence-corrected chi connectivity index (χ1v) is 10.5. The van der Waals surface area contributed by atoms with E-state index >= 15 is 0 Å². The van der Waals surface area contributed by atoms with Gasteiger partial charge in [0.1, 0.15) is 5.52 Å². The summed E-state index contributed by atoms with van der Waals surface area (Å²) in [5, 5.41) is 7.95. The van der Waals surface area contributed by atoms with Crippen LogP contribution in [0.15, 0.2) is 42.9 Å². The summed E-state index contributed by atoms with van der Waals surface area (Å²) in [6, 6.07) is 8.00. The molecule has 0 atom stereocenters. The number of nitrogens with zero attached hydrogens (tertiary/aromatic N) is 6. The predicted molar refractivity (Wildman–Crippen MR) is 117 cm³/mol. The summed E-state index contributed by atoms with van der Waals surface area (Å²) in [5.41, 5.74) is 4.29. The lowest BCUT2D eigenvalue weighted by Crippen LogP contribution is -2.41. The summed E-state index contributed by atoms with van der Waals surface area (Å²) in [6.45, 7) is 1.08.